The zero-order valence-corrected chi connectivity index (χ0v) is 21.4. The first-order chi connectivity index (χ1) is 19.4. The molecule has 5 aromatic rings. The van der Waals surface area contributed by atoms with Gasteiger partial charge in [0, 0.05) is 42.1 Å². The maximum Gasteiger partial charge on any atom is 0.435 e. The summed E-state index contributed by atoms with van der Waals surface area (Å²) in [6.07, 6.45) is -2.31. The molecule has 0 spiro atoms. The molecule has 0 fully saturated rings. The molecule has 0 unspecified atom stereocenters. The van der Waals surface area contributed by atoms with Crippen molar-refractivity contribution >= 4 is 0 Å². The van der Waals surface area contributed by atoms with Crippen molar-refractivity contribution in [2.75, 3.05) is 0 Å². The molecular weight excluding hydrogens is 554 g/mol. The third-order valence-corrected chi connectivity index (χ3v) is 6.23. The van der Waals surface area contributed by atoms with E-state index in [-0.39, 0.29) is 40.0 Å². The summed E-state index contributed by atoms with van der Waals surface area (Å²) in [6, 6.07) is 11.1. The molecule has 3 heterocycles. The Kier molecular flexibility index (Phi) is 7.30. The molecule has 41 heavy (non-hydrogen) atoms. The zero-order valence-electron chi connectivity index (χ0n) is 21.4. The molecule has 0 saturated heterocycles. The summed E-state index contributed by atoms with van der Waals surface area (Å²) in [7, 11) is 0. The van der Waals surface area contributed by atoms with Crippen LogP contribution in [0.3, 0.4) is 0 Å². The fraction of sp³-hybridized carbons (Fsp3) is 0.179. The fourth-order valence-electron chi connectivity index (χ4n) is 4.34. The summed E-state index contributed by atoms with van der Waals surface area (Å²) in [5, 5.41) is 13.2. The van der Waals surface area contributed by atoms with Gasteiger partial charge in [-0.05, 0) is 53.9 Å². The first kappa shape index (κ1) is 27.9. The molecule has 7 nitrogen and oxygen atoms in total. The van der Waals surface area contributed by atoms with E-state index in [2.05, 4.69) is 19.8 Å². The van der Waals surface area contributed by atoms with E-state index in [9.17, 15) is 31.4 Å². The monoisotopic (exact) mass is 574 g/mol. The lowest BCUT2D eigenvalue weighted by molar-refractivity contribution is -0.141. The number of nitrogens with zero attached hydrogens (tertiary/aromatic N) is 4. The fourth-order valence-corrected chi connectivity index (χ4v) is 4.34. The maximum absolute atomic E-state index is 14.7. The number of rotatable bonds is 7. The molecule has 0 saturated carbocycles. The smallest absolute Gasteiger partial charge is 0.435 e. The number of halogens is 6. The second-order valence-electron chi connectivity index (χ2n) is 8.96. The number of aliphatic hydroxyl groups excluding tert-OH is 1. The van der Waals surface area contributed by atoms with Gasteiger partial charge in [-0.3, -0.25) is 0 Å². The van der Waals surface area contributed by atoms with Crippen LogP contribution < -0.4 is 4.74 Å². The zero-order chi connectivity index (χ0) is 29.5. The van der Waals surface area contributed by atoms with Gasteiger partial charge in [0.1, 0.15) is 11.5 Å². The number of hydrogen-bond acceptors (Lipinski definition) is 6. The van der Waals surface area contributed by atoms with Crippen molar-refractivity contribution in [2.24, 2.45) is 0 Å². The Morgan fingerprint density at radius 3 is 2.37 bits per heavy atom. The lowest BCUT2D eigenvalue weighted by atomic mass is 9.96. The van der Waals surface area contributed by atoms with E-state index < -0.39 is 30.9 Å². The molecule has 212 valence electrons. The molecule has 3 aromatic heterocycles. The first-order valence-corrected chi connectivity index (χ1v) is 12.0. The van der Waals surface area contributed by atoms with Crippen LogP contribution in [0.2, 0.25) is 0 Å². The van der Waals surface area contributed by atoms with Crippen LogP contribution >= 0.6 is 0 Å². The highest BCUT2D eigenvalue weighted by Crippen LogP contribution is 2.39. The number of ether oxygens (including phenoxy) is 1. The topological polar surface area (TPSA) is 86.2 Å². The number of aryl methyl sites for hydroxylation is 2. The summed E-state index contributed by atoms with van der Waals surface area (Å²) in [4.78, 5) is 8.31. The lowest BCUT2D eigenvalue weighted by Crippen LogP contribution is -2.08. The number of oxazole rings is 1. The van der Waals surface area contributed by atoms with Crippen molar-refractivity contribution in [1.82, 2.24) is 19.7 Å². The Balaban J connectivity index is 1.70. The van der Waals surface area contributed by atoms with Crippen molar-refractivity contribution in [3.8, 4) is 45.3 Å². The van der Waals surface area contributed by atoms with Gasteiger partial charge in [0.2, 0.25) is 5.88 Å². The van der Waals surface area contributed by atoms with Crippen molar-refractivity contribution in [3.63, 3.8) is 0 Å². The third-order valence-electron chi connectivity index (χ3n) is 6.23. The van der Waals surface area contributed by atoms with Crippen molar-refractivity contribution in [2.45, 2.75) is 33.2 Å². The van der Waals surface area contributed by atoms with Gasteiger partial charge in [-0.1, -0.05) is 12.1 Å². The van der Waals surface area contributed by atoms with E-state index in [1.807, 2.05) is 0 Å². The Bertz CT molecular complexity index is 1690. The largest absolute Gasteiger partial charge is 0.440 e. The number of alkyl halides is 5. The van der Waals surface area contributed by atoms with Gasteiger partial charge < -0.3 is 14.3 Å². The predicted octanol–water partition coefficient (Wildman–Crippen LogP) is 7.12. The first-order valence-electron chi connectivity index (χ1n) is 12.0. The Labute approximate surface area is 228 Å². The minimum atomic E-state index is -4.68. The summed E-state index contributed by atoms with van der Waals surface area (Å²) >= 11 is 0. The molecule has 0 amide bonds. The number of pyridine rings is 1. The predicted molar refractivity (Wildman–Crippen MR) is 135 cm³/mol. The molecular formula is C28H20F6N4O3. The van der Waals surface area contributed by atoms with Gasteiger partial charge in [-0.25, -0.2) is 19.0 Å². The van der Waals surface area contributed by atoms with E-state index in [4.69, 9.17) is 4.42 Å². The Morgan fingerprint density at radius 1 is 1.00 bits per heavy atom. The summed E-state index contributed by atoms with van der Waals surface area (Å²) in [5.74, 6) is -0.600. The van der Waals surface area contributed by atoms with Crippen LogP contribution in [0.25, 0.3) is 39.4 Å². The van der Waals surface area contributed by atoms with Crippen LogP contribution in [0.4, 0.5) is 26.3 Å². The third kappa shape index (κ3) is 5.66. The number of hydrogen-bond donors (Lipinski definition) is 1. The van der Waals surface area contributed by atoms with E-state index >= 15 is 0 Å². The van der Waals surface area contributed by atoms with Gasteiger partial charge in [0.25, 0.3) is 0 Å². The van der Waals surface area contributed by atoms with Crippen LogP contribution in [-0.4, -0.2) is 31.5 Å². The van der Waals surface area contributed by atoms with Crippen LogP contribution in [-0.2, 0) is 12.8 Å². The highest BCUT2D eigenvalue weighted by Gasteiger charge is 2.34. The molecule has 0 radical (unpaired) electrons. The van der Waals surface area contributed by atoms with Gasteiger partial charge >= 0.3 is 12.8 Å². The standard InChI is InChI=1S/C28H20F6N4O3/c1-14-9-18(11-21(29)20(14)13-39)16-3-5-22(38-8-7-23(37-38)28(32,33)34)19(10-16)25-26(40-15(2)36-25)17-4-6-24(35-12-17)41-27(30)31/h3-12,27,39H,13H2,1-2H3. The number of benzene rings is 2. The van der Waals surface area contributed by atoms with E-state index in [1.165, 1.54) is 30.5 Å². The molecule has 0 aliphatic rings. The SMILES string of the molecule is Cc1nc(-c2cc(-c3cc(C)c(CO)c(F)c3)ccc2-n2ccc(C(F)(F)F)n2)c(-c2ccc(OC(F)F)nc2)o1. The van der Waals surface area contributed by atoms with E-state index in [1.54, 1.807) is 32.0 Å². The summed E-state index contributed by atoms with van der Waals surface area (Å²) in [6.45, 7) is -0.360. The molecule has 0 aliphatic carbocycles. The molecule has 0 atom stereocenters. The minimum Gasteiger partial charge on any atom is -0.440 e. The van der Waals surface area contributed by atoms with E-state index in [0.29, 0.717) is 22.3 Å². The van der Waals surface area contributed by atoms with Crippen molar-refractivity contribution in [3.05, 3.63) is 89.5 Å². The van der Waals surface area contributed by atoms with Crippen LogP contribution in [0.5, 0.6) is 5.88 Å². The molecule has 0 aliphatic heterocycles. The highest BCUT2D eigenvalue weighted by atomic mass is 19.4. The van der Waals surface area contributed by atoms with Crippen LogP contribution in [0, 0.1) is 19.7 Å². The van der Waals surface area contributed by atoms with Crippen LogP contribution in [0.1, 0.15) is 22.7 Å². The minimum absolute atomic E-state index is 0.142. The summed E-state index contributed by atoms with van der Waals surface area (Å²) < 4.78 is 91.0. The Morgan fingerprint density at radius 2 is 1.76 bits per heavy atom. The van der Waals surface area contributed by atoms with Gasteiger partial charge in [0.05, 0.1) is 12.3 Å². The highest BCUT2D eigenvalue weighted by molar-refractivity contribution is 5.85. The summed E-state index contributed by atoms with van der Waals surface area (Å²) in [5.41, 5.74) is 1.47. The number of aliphatic hydroxyl groups is 1. The second-order valence-corrected chi connectivity index (χ2v) is 8.96. The molecule has 5 rings (SSSR count). The quantitative estimate of drug-likeness (QED) is 0.208. The molecule has 0 bridgehead atoms. The van der Waals surface area contributed by atoms with Gasteiger partial charge in [-0.2, -0.15) is 27.1 Å². The average Bonchev–Trinajstić information content (AvgIpc) is 3.56. The normalized spacial score (nSPS) is 11.9. The molecule has 1 N–H and O–H groups in total. The van der Waals surface area contributed by atoms with Gasteiger partial charge in [-0.15, -0.1) is 0 Å². The second kappa shape index (κ2) is 10.7. The maximum atomic E-state index is 14.7. The molecule has 2 aromatic carbocycles. The Hall–Kier alpha value is -4.65. The lowest BCUT2D eigenvalue weighted by Gasteiger charge is -2.14. The van der Waals surface area contributed by atoms with Crippen molar-refractivity contribution in [1.29, 1.82) is 0 Å². The molecule has 13 heteroatoms. The van der Waals surface area contributed by atoms with E-state index in [0.717, 1.165) is 16.9 Å². The van der Waals surface area contributed by atoms with Gasteiger partial charge in [0.15, 0.2) is 17.3 Å². The van der Waals surface area contributed by atoms with Crippen LogP contribution in [0.15, 0.2) is 65.3 Å². The average molecular weight is 574 g/mol. The number of aromatic nitrogens is 4. The van der Waals surface area contributed by atoms with Crippen molar-refractivity contribution < 1.29 is 40.6 Å².